The molecule has 0 radical (unpaired) electrons. The van der Waals surface area contributed by atoms with Crippen molar-refractivity contribution in [1.29, 1.82) is 0 Å². The number of para-hydroxylation sites is 1. The molecule has 1 aliphatic rings. The number of fused-ring (bicyclic) bond motifs is 1. The van der Waals surface area contributed by atoms with Crippen LogP contribution in [0.1, 0.15) is 19.4 Å². The van der Waals surface area contributed by atoms with Crippen LogP contribution >= 0.6 is 0 Å². The highest BCUT2D eigenvalue weighted by atomic mass is 19.4. The minimum absolute atomic E-state index is 0.135. The van der Waals surface area contributed by atoms with Gasteiger partial charge in [0.25, 0.3) is 0 Å². The fourth-order valence-corrected chi connectivity index (χ4v) is 2.21. The Morgan fingerprint density at radius 1 is 1.25 bits per heavy atom. The van der Waals surface area contributed by atoms with Gasteiger partial charge in [0.15, 0.2) is 0 Å². The molecule has 2 rings (SSSR count). The number of alkyl halides is 3. The van der Waals surface area contributed by atoms with E-state index in [2.05, 4.69) is 0 Å². The molecule has 1 unspecified atom stereocenters. The number of aliphatic hydroxyl groups is 1. The number of nitrogens with zero attached hydrogens (tertiary/aromatic N) is 1. The zero-order valence-corrected chi connectivity index (χ0v) is 13.0. The lowest BCUT2D eigenvalue weighted by Crippen LogP contribution is -2.48. The zero-order valence-electron chi connectivity index (χ0n) is 13.0. The van der Waals surface area contributed by atoms with Crippen molar-refractivity contribution < 1.29 is 32.6 Å². The highest BCUT2D eigenvalue weighted by Crippen LogP contribution is 2.33. The largest absolute Gasteiger partial charge is 0.450 e. The molecule has 1 aliphatic heterocycles. The smallest absolute Gasteiger partial charge is 0.418 e. The highest BCUT2D eigenvalue weighted by Gasteiger charge is 2.52. The van der Waals surface area contributed by atoms with Crippen LogP contribution in [0.2, 0.25) is 0 Å². The number of carbonyl (C=O) groups is 2. The number of Topliss-reactive ketones (excluding diaryl/α,β-unsaturated/α-hetero) is 1. The quantitative estimate of drug-likeness (QED) is 0.857. The van der Waals surface area contributed by atoms with Crippen molar-refractivity contribution in [3.05, 3.63) is 35.9 Å². The van der Waals surface area contributed by atoms with E-state index in [1.54, 1.807) is 36.4 Å². The summed E-state index contributed by atoms with van der Waals surface area (Å²) in [6.07, 6.45) is -4.97. The van der Waals surface area contributed by atoms with Crippen molar-refractivity contribution in [2.45, 2.75) is 26.3 Å². The topological polar surface area (TPSA) is 66.8 Å². The molecule has 24 heavy (non-hydrogen) atoms. The third kappa shape index (κ3) is 3.43. The normalized spacial score (nSPS) is 15.7. The van der Waals surface area contributed by atoms with Gasteiger partial charge in [0, 0.05) is 6.54 Å². The Morgan fingerprint density at radius 3 is 2.50 bits per heavy atom. The summed E-state index contributed by atoms with van der Waals surface area (Å²) >= 11 is 0. The number of benzene rings is 1. The summed E-state index contributed by atoms with van der Waals surface area (Å²) < 4.78 is 42.4. The first-order valence-electron chi connectivity index (χ1n) is 7.08. The maximum Gasteiger partial charge on any atom is 0.450 e. The van der Waals surface area contributed by atoms with Gasteiger partial charge in [0.1, 0.15) is 0 Å². The summed E-state index contributed by atoms with van der Waals surface area (Å²) in [5.41, 5.74) is -1.10. The lowest BCUT2D eigenvalue weighted by atomic mass is 9.87. The van der Waals surface area contributed by atoms with E-state index in [0.717, 1.165) is 24.3 Å². The van der Waals surface area contributed by atoms with Gasteiger partial charge in [-0.2, -0.15) is 13.2 Å². The lowest BCUT2D eigenvalue weighted by Gasteiger charge is -2.32. The molecule has 0 aromatic heterocycles. The van der Waals surface area contributed by atoms with E-state index in [0.29, 0.717) is 5.69 Å². The number of amides is 1. The minimum atomic E-state index is -5.14. The number of ketones is 1. The SMILES string of the molecule is CC(C)(C(=O)C(F)(F)F)C(O)OC(=O)N1CC=Cc2ccccc21. The summed E-state index contributed by atoms with van der Waals surface area (Å²) in [6.45, 7) is 1.87. The van der Waals surface area contributed by atoms with Crippen molar-refractivity contribution in [1.82, 2.24) is 0 Å². The Morgan fingerprint density at radius 2 is 1.88 bits per heavy atom. The summed E-state index contributed by atoms with van der Waals surface area (Å²) in [5, 5.41) is 9.85. The summed E-state index contributed by atoms with van der Waals surface area (Å²) in [4.78, 5) is 24.7. The van der Waals surface area contributed by atoms with Gasteiger partial charge in [-0.25, -0.2) is 4.79 Å². The van der Waals surface area contributed by atoms with Crippen molar-refractivity contribution in [3.8, 4) is 0 Å². The molecule has 1 N–H and O–H groups in total. The number of halogens is 3. The minimum Gasteiger partial charge on any atom is -0.418 e. The molecular weight excluding hydrogens is 327 g/mol. The number of hydrogen-bond acceptors (Lipinski definition) is 4. The number of carbonyl (C=O) groups excluding carboxylic acids is 2. The predicted octanol–water partition coefficient (Wildman–Crippen LogP) is 3.13. The van der Waals surface area contributed by atoms with Crippen molar-refractivity contribution in [3.63, 3.8) is 0 Å². The van der Waals surface area contributed by atoms with Crippen LogP contribution in [-0.4, -0.2) is 36.0 Å². The molecule has 1 aromatic rings. The lowest BCUT2D eigenvalue weighted by molar-refractivity contribution is -0.200. The summed E-state index contributed by atoms with van der Waals surface area (Å²) in [5.74, 6) is -2.17. The molecule has 0 saturated heterocycles. The Hall–Kier alpha value is -2.35. The second kappa shape index (κ2) is 6.27. The van der Waals surface area contributed by atoms with Gasteiger partial charge in [-0.15, -0.1) is 0 Å². The highest BCUT2D eigenvalue weighted by molar-refractivity contribution is 5.93. The molecule has 0 spiro atoms. The Kier molecular flexibility index (Phi) is 4.70. The number of anilines is 1. The van der Waals surface area contributed by atoms with Crippen LogP contribution in [0.4, 0.5) is 23.7 Å². The molecule has 0 bridgehead atoms. The van der Waals surface area contributed by atoms with Crippen LogP contribution in [0, 0.1) is 5.41 Å². The standard InChI is InChI=1S/C16H16F3NO4/c1-15(2,12(21)16(17,18)19)13(22)24-14(23)20-9-5-7-10-6-3-4-8-11(10)20/h3-8,13,22H,9H2,1-2H3. The van der Waals surface area contributed by atoms with Gasteiger partial charge in [0.05, 0.1) is 11.1 Å². The third-order valence-corrected chi connectivity index (χ3v) is 3.71. The first-order valence-corrected chi connectivity index (χ1v) is 7.08. The molecule has 130 valence electrons. The van der Waals surface area contributed by atoms with E-state index in [1.807, 2.05) is 0 Å². The van der Waals surface area contributed by atoms with Crippen LogP contribution in [0.15, 0.2) is 30.3 Å². The van der Waals surface area contributed by atoms with Gasteiger partial charge in [-0.3, -0.25) is 9.69 Å². The van der Waals surface area contributed by atoms with Gasteiger partial charge < -0.3 is 9.84 Å². The second-order valence-corrected chi connectivity index (χ2v) is 5.86. The fraction of sp³-hybridized carbons (Fsp3) is 0.375. The second-order valence-electron chi connectivity index (χ2n) is 5.86. The molecule has 1 heterocycles. The van der Waals surface area contributed by atoms with Gasteiger partial charge in [0.2, 0.25) is 12.1 Å². The maximum absolute atomic E-state index is 12.6. The first kappa shape index (κ1) is 18.0. The molecule has 0 fully saturated rings. The predicted molar refractivity (Wildman–Crippen MR) is 80.2 cm³/mol. The van der Waals surface area contributed by atoms with Crippen LogP contribution < -0.4 is 4.90 Å². The summed E-state index contributed by atoms with van der Waals surface area (Å²) in [6, 6.07) is 6.83. The Balaban J connectivity index is 2.15. The Bertz CT molecular complexity index is 682. The van der Waals surface area contributed by atoms with Crippen molar-refractivity contribution in [2.75, 3.05) is 11.4 Å². The molecule has 0 saturated carbocycles. The average Bonchev–Trinajstić information content (AvgIpc) is 2.52. The average molecular weight is 343 g/mol. The van der Waals surface area contributed by atoms with Crippen LogP contribution in [0.5, 0.6) is 0 Å². The van der Waals surface area contributed by atoms with E-state index in [1.165, 1.54) is 0 Å². The fourth-order valence-electron chi connectivity index (χ4n) is 2.21. The molecule has 8 heteroatoms. The molecule has 1 amide bonds. The van der Waals surface area contributed by atoms with Crippen LogP contribution in [0.3, 0.4) is 0 Å². The molecule has 1 aromatic carbocycles. The summed E-state index contributed by atoms with van der Waals surface area (Å²) in [7, 11) is 0. The van der Waals surface area contributed by atoms with Gasteiger partial charge in [-0.05, 0) is 25.5 Å². The van der Waals surface area contributed by atoms with E-state index >= 15 is 0 Å². The van der Waals surface area contributed by atoms with E-state index in [4.69, 9.17) is 4.74 Å². The molecule has 5 nitrogen and oxygen atoms in total. The van der Waals surface area contributed by atoms with E-state index in [9.17, 15) is 27.9 Å². The number of hydrogen-bond donors (Lipinski definition) is 1. The van der Waals surface area contributed by atoms with Crippen LogP contribution in [-0.2, 0) is 9.53 Å². The van der Waals surface area contributed by atoms with Crippen molar-refractivity contribution in [2.24, 2.45) is 5.41 Å². The third-order valence-electron chi connectivity index (χ3n) is 3.71. The Labute approximate surface area is 136 Å². The van der Waals surface area contributed by atoms with E-state index in [-0.39, 0.29) is 6.54 Å². The van der Waals surface area contributed by atoms with Gasteiger partial charge >= 0.3 is 12.3 Å². The van der Waals surface area contributed by atoms with Crippen molar-refractivity contribution >= 4 is 23.6 Å². The maximum atomic E-state index is 12.6. The zero-order chi connectivity index (χ0) is 18.1. The number of aliphatic hydroxyl groups excluding tert-OH is 1. The first-order chi connectivity index (χ1) is 11.0. The molecular formula is C16H16F3NO4. The van der Waals surface area contributed by atoms with Gasteiger partial charge in [-0.1, -0.05) is 30.4 Å². The monoisotopic (exact) mass is 343 g/mol. The number of rotatable bonds is 3. The molecule has 0 aliphatic carbocycles. The number of ether oxygens (including phenoxy) is 1. The van der Waals surface area contributed by atoms with Crippen LogP contribution in [0.25, 0.3) is 6.08 Å². The van der Waals surface area contributed by atoms with E-state index < -0.39 is 29.8 Å². The molecule has 1 atom stereocenters.